The topological polar surface area (TPSA) is 84.3 Å². The third-order valence-corrected chi connectivity index (χ3v) is 9.49. The summed E-state index contributed by atoms with van der Waals surface area (Å²) in [6.07, 6.45) is 6.64. The number of hydrogen-bond donors (Lipinski definition) is 1. The van der Waals surface area contributed by atoms with Crippen molar-refractivity contribution in [3.63, 3.8) is 0 Å². The van der Waals surface area contributed by atoms with Gasteiger partial charge in [0.25, 0.3) is 0 Å². The van der Waals surface area contributed by atoms with Crippen molar-refractivity contribution in [2.75, 3.05) is 4.90 Å². The molecule has 3 aromatic carbocycles. The molecule has 0 bridgehead atoms. The third kappa shape index (κ3) is 5.31. The molecule has 6 rings (SSSR count). The van der Waals surface area contributed by atoms with E-state index in [0.29, 0.717) is 18.5 Å². The van der Waals surface area contributed by atoms with E-state index in [0.717, 1.165) is 35.4 Å². The first-order valence-electron chi connectivity index (χ1n) is 13.5. The number of hydrogen-bond acceptors (Lipinski definition) is 4. The summed E-state index contributed by atoms with van der Waals surface area (Å²) < 4.78 is 44.6. The first-order valence-corrected chi connectivity index (χ1v) is 15.0. The van der Waals surface area contributed by atoms with Crippen molar-refractivity contribution in [3.05, 3.63) is 114 Å². The Morgan fingerprint density at radius 3 is 2.60 bits per heavy atom. The molecule has 3 atom stereocenters. The maximum absolute atomic E-state index is 14.0. The summed E-state index contributed by atoms with van der Waals surface area (Å²) in [5, 5.41) is 0. The zero-order valence-corrected chi connectivity index (χ0v) is 23.0. The van der Waals surface area contributed by atoms with Crippen LogP contribution in [0.15, 0.2) is 90.1 Å². The Kier molecular flexibility index (Phi) is 7.02. The predicted molar refractivity (Wildman–Crippen MR) is 151 cm³/mol. The fourth-order valence-corrected chi connectivity index (χ4v) is 6.94. The molecule has 1 aromatic heterocycles. The quantitative estimate of drug-likeness (QED) is 0.320. The van der Waals surface area contributed by atoms with E-state index in [1.807, 2.05) is 36.0 Å². The molecular weight excluding hydrogens is 527 g/mol. The number of carbonyl (C=O) groups excluding carboxylic acids is 1. The van der Waals surface area contributed by atoms with E-state index >= 15 is 0 Å². The summed E-state index contributed by atoms with van der Waals surface area (Å²) >= 11 is 0. The van der Waals surface area contributed by atoms with E-state index < -0.39 is 16.1 Å². The largest absolute Gasteiger partial charge is 0.337 e. The summed E-state index contributed by atoms with van der Waals surface area (Å²) in [5.74, 6) is 0.255. The van der Waals surface area contributed by atoms with Gasteiger partial charge in [-0.15, -0.1) is 0 Å². The first-order chi connectivity index (χ1) is 19.3. The average Bonchev–Trinajstić information content (AvgIpc) is 3.66. The Balaban J connectivity index is 1.31. The number of imidazole rings is 1. The summed E-state index contributed by atoms with van der Waals surface area (Å²) in [7, 11) is -1.82. The Hall–Kier alpha value is -3.82. The smallest absolute Gasteiger partial charge is 0.241 e. The standard InChI is InChI=1S/C31H31FN4O3S/c1-35-17-16-33-30(35)20-36(31(37)28-19-26(28)22-10-13-23(32)14-11-22)24-15-12-21-6-5-9-29(27(21)18-24)34-40(38,39)25-7-3-2-4-8-25/h2-4,7-8,10-18,26,28-29,34H,5-6,9,19-20H2,1H3/t26-,28-,29-/m1/s1. The van der Waals surface area contributed by atoms with E-state index in [9.17, 15) is 17.6 Å². The van der Waals surface area contributed by atoms with Gasteiger partial charge in [0.2, 0.25) is 15.9 Å². The minimum absolute atomic E-state index is 0.0190. The zero-order valence-electron chi connectivity index (χ0n) is 22.2. The van der Waals surface area contributed by atoms with Gasteiger partial charge in [0.15, 0.2) is 0 Å². The number of benzene rings is 3. The molecule has 0 spiro atoms. The van der Waals surface area contributed by atoms with Crippen molar-refractivity contribution in [2.24, 2.45) is 13.0 Å². The van der Waals surface area contributed by atoms with Gasteiger partial charge < -0.3 is 9.47 Å². The molecule has 0 unspecified atom stereocenters. The second kappa shape index (κ2) is 10.6. The molecule has 1 saturated carbocycles. The van der Waals surface area contributed by atoms with Crippen LogP contribution in [-0.2, 0) is 34.8 Å². The van der Waals surface area contributed by atoms with Crippen molar-refractivity contribution >= 4 is 21.6 Å². The van der Waals surface area contributed by atoms with Crippen LogP contribution in [-0.4, -0.2) is 23.9 Å². The van der Waals surface area contributed by atoms with E-state index in [1.54, 1.807) is 53.6 Å². The normalized spacial score (nSPS) is 20.1. The highest BCUT2D eigenvalue weighted by Gasteiger charge is 2.46. The predicted octanol–water partition coefficient (Wildman–Crippen LogP) is 5.25. The number of aromatic nitrogens is 2. The van der Waals surface area contributed by atoms with Crippen molar-refractivity contribution in [2.45, 2.75) is 49.1 Å². The molecule has 7 nitrogen and oxygen atoms in total. The lowest BCUT2D eigenvalue weighted by Gasteiger charge is -2.29. The number of fused-ring (bicyclic) bond motifs is 1. The molecule has 1 amide bonds. The molecule has 0 radical (unpaired) electrons. The highest BCUT2D eigenvalue weighted by molar-refractivity contribution is 7.89. The summed E-state index contributed by atoms with van der Waals surface area (Å²) in [6.45, 7) is 0.286. The Labute approximate surface area is 233 Å². The van der Waals surface area contributed by atoms with Gasteiger partial charge >= 0.3 is 0 Å². The third-order valence-electron chi connectivity index (χ3n) is 8.00. The number of sulfonamides is 1. The van der Waals surface area contributed by atoms with Gasteiger partial charge in [-0.05, 0) is 84.7 Å². The molecule has 4 aromatic rings. The van der Waals surface area contributed by atoms with Crippen LogP contribution >= 0.6 is 0 Å². The SMILES string of the molecule is Cn1ccnc1CN(C(=O)[C@@H]1C[C@@H]1c1ccc(F)cc1)c1ccc2c(c1)[C@H](NS(=O)(=O)c1ccccc1)CCC2. The van der Waals surface area contributed by atoms with E-state index in [4.69, 9.17) is 0 Å². The monoisotopic (exact) mass is 558 g/mol. The van der Waals surface area contributed by atoms with Crippen LogP contribution in [0.1, 0.15) is 53.7 Å². The summed E-state index contributed by atoms with van der Waals surface area (Å²) in [5.41, 5.74) is 3.64. The number of nitrogens with one attached hydrogen (secondary N) is 1. The molecule has 0 saturated heterocycles. The van der Waals surface area contributed by atoms with E-state index in [1.165, 1.54) is 12.1 Å². The fourth-order valence-electron chi connectivity index (χ4n) is 5.66. The molecule has 0 aliphatic heterocycles. The molecule has 1 fully saturated rings. The summed E-state index contributed by atoms with van der Waals surface area (Å²) in [4.78, 5) is 20.4. The van der Waals surface area contributed by atoms with Gasteiger partial charge in [0.05, 0.1) is 11.4 Å². The molecule has 9 heteroatoms. The maximum atomic E-state index is 14.0. The van der Waals surface area contributed by atoms with Crippen LogP contribution in [0.5, 0.6) is 0 Å². The van der Waals surface area contributed by atoms with Gasteiger partial charge in [-0.3, -0.25) is 4.79 Å². The molecule has 2 aliphatic carbocycles. The number of aryl methyl sites for hydroxylation is 2. The molecule has 40 heavy (non-hydrogen) atoms. The molecule has 1 N–H and O–H groups in total. The van der Waals surface area contributed by atoms with Gasteiger partial charge in [0.1, 0.15) is 11.6 Å². The number of carbonyl (C=O) groups is 1. The first kappa shape index (κ1) is 26.4. The fraction of sp³-hybridized carbons (Fsp3) is 0.290. The highest BCUT2D eigenvalue weighted by Crippen LogP contribution is 2.49. The summed E-state index contributed by atoms with van der Waals surface area (Å²) in [6, 6.07) is 20.3. The van der Waals surface area contributed by atoms with Gasteiger partial charge in [0, 0.05) is 37.1 Å². The minimum Gasteiger partial charge on any atom is -0.337 e. The van der Waals surface area contributed by atoms with Gasteiger partial charge in [-0.2, -0.15) is 0 Å². The second-order valence-corrected chi connectivity index (χ2v) is 12.4. The van der Waals surface area contributed by atoms with Crippen LogP contribution in [0.4, 0.5) is 10.1 Å². The molecule has 2 aliphatic rings. The Morgan fingerprint density at radius 2 is 1.88 bits per heavy atom. The van der Waals surface area contributed by atoms with Crippen molar-refractivity contribution in [3.8, 4) is 0 Å². The minimum atomic E-state index is -3.71. The number of rotatable bonds is 8. The lowest BCUT2D eigenvalue weighted by atomic mass is 9.87. The van der Waals surface area contributed by atoms with Crippen LogP contribution < -0.4 is 9.62 Å². The lowest BCUT2D eigenvalue weighted by molar-refractivity contribution is -0.120. The zero-order chi connectivity index (χ0) is 27.9. The number of amides is 1. The highest BCUT2D eigenvalue weighted by atomic mass is 32.2. The van der Waals surface area contributed by atoms with Crippen LogP contribution in [0.25, 0.3) is 0 Å². The van der Waals surface area contributed by atoms with Crippen molar-refractivity contribution in [1.29, 1.82) is 0 Å². The van der Waals surface area contributed by atoms with Gasteiger partial charge in [-0.25, -0.2) is 22.5 Å². The van der Waals surface area contributed by atoms with Crippen LogP contribution in [0.3, 0.4) is 0 Å². The van der Waals surface area contributed by atoms with Crippen LogP contribution in [0, 0.1) is 11.7 Å². The van der Waals surface area contributed by atoms with Crippen molar-refractivity contribution < 1.29 is 17.6 Å². The Morgan fingerprint density at radius 1 is 1.10 bits per heavy atom. The maximum Gasteiger partial charge on any atom is 0.241 e. The molecule has 206 valence electrons. The van der Waals surface area contributed by atoms with Crippen molar-refractivity contribution in [1.82, 2.24) is 14.3 Å². The molecular formula is C31H31FN4O3S. The van der Waals surface area contributed by atoms with Crippen LogP contribution in [0.2, 0.25) is 0 Å². The second-order valence-electron chi connectivity index (χ2n) is 10.6. The number of halogens is 1. The Bertz CT molecular complexity index is 1640. The molecule has 1 heterocycles. The average molecular weight is 559 g/mol. The lowest BCUT2D eigenvalue weighted by Crippen LogP contribution is -2.34. The van der Waals surface area contributed by atoms with Gasteiger partial charge in [-0.1, -0.05) is 36.4 Å². The van der Waals surface area contributed by atoms with E-state index in [-0.39, 0.29) is 35.0 Å². The number of anilines is 1. The van der Waals surface area contributed by atoms with E-state index in [2.05, 4.69) is 9.71 Å². The number of nitrogens with zero attached hydrogens (tertiary/aromatic N) is 3.